The number of rotatable bonds is 3. The molecular formula is C11H13ClN4O. The Morgan fingerprint density at radius 3 is 2.94 bits per heavy atom. The molecule has 0 saturated heterocycles. The Morgan fingerprint density at radius 1 is 1.53 bits per heavy atom. The van der Waals surface area contributed by atoms with E-state index in [2.05, 4.69) is 15.5 Å². The van der Waals surface area contributed by atoms with Crippen LogP contribution in [0, 0.1) is 6.92 Å². The van der Waals surface area contributed by atoms with Crippen molar-refractivity contribution < 1.29 is 0 Å². The van der Waals surface area contributed by atoms with Gasteiger partial charge in [-0.1, -0.05) is 17.7 Å². The molecule has 0 aliphatic carbocycles. The number of halogens is 1. The first-order valence-corrected chi connectivity index (χ1v) is 5.58. The highest BCUT2D eigenvalue weighted by Gasteiger charge is 2.10. The summed E-state index contributed by atoms with van der Waals surface area (Å²) >= 11 is 6.05. The van der Waals surface area contributed by atoms with Gasteiger partial charge in [0.15, 0.2) is 5.82 Å². The maximum absolute atomic E-state index is 11.7. The first-order valence-electron chi connectivity index (χ1n) is 5.21. The van der Waals surface area contributed by atoms with Crippen LogP contribution < -0.4 is 11.0 Å². The molecule has 2 N–H and O–H groups in total. The Hall–Kier alpha value is -1.59. The molecule has 1 aromatic carbocycles. The van der Waals surface area contributed by atoms with Crippen molar-refractivity contribution in [3.63, 3.8) is 0 Å². The quantitative estimate of drug-likeness (QED) is 0.864. The Bertz CT molecular complexity index is 587. The van der Waals surface area contributed by atoms with E-state index in [1.54, 1.807) is 13.1 Å². The molecule has 6 heteroatoms. The normalized spacial score (nSPS) is 10.8. The average molecular weight is 253 g/mol. The molecule has 5 nitrogen and oxygen atoms in total. The molecule has 0 unspecified atom stereocenters. The summed E-state index contributed by atoms with van der Waals surface area (Å²) in [6.07, 6.45) is 0. The third kappa shape index (κ3) is 2.25. The highest BCUT2D eigenvalue weighted by molar-refractivity contribution is 6.31. The summed E-state index contributed by atoms with van der Waals surface area (Å²) in [4.78, 5) is 11.7. The maximum atomic E-state index is 11.7. The summed E-state index contributed by atoms with van der Waals surface area (Å²) in [6.45, 7) is 2.42. The lowest BCUT2D eigenvalue weighted by atomic mass is 10.2. The van der Waals surface area contributed by atoms with Gasteiger partial charge in [-0.2, -0.15) is 5.10 Å². The van der Waals surface area contributed by atoms with E-state index in [1.807, 2.05) is 19.1 Å². The van der Waals surface area contributed by atoms with Crippen LogP contribution in [-0.4, -0.2) is 21.8 Å². The summed E-state index contributed by atoms with van der Waals surface area (Å²) in [5.41, 5.74) is 1.42. The Morgan fingerprint density at radius 2 is 2.29 bits per heavy atom. The monoisotopic (exact) mass is 252 g/mol. The summed E-state index contributed by atoms with van der Waals surface area (Å²) in [7, 11) is 1.80. The van der Waals surface area contributed by atoms with E-state index in [1.165, 1.54) is 4.57 Å². The van der Waals surface area contributed by atoms with Crippen LogP contribution in [0.4, 0.5) is 0 Å². The lowest BCUT2D eigenvalue weighted by Gasteiger charge is -2.06. The largest absolute Gasteiger partial charge is 0.347 e. The first kappa shape index (κ1) is 11.9. The zero-order valence-electron chi connectivity index (χ0n) is 9.62. The molecule has 0 spiro atoms. The van der Waals surface area contributed by atoms with Gasteiger partial charge in [0, 0.05) is 5.02 Å². The van der Waals surface area contributed by atoms with Crippen LogP contribution in [0.2, 0.25) is 5.02 Å². The number of hydrogen-bond acceptors (Lipinski definition) is 3. The second kappa shape index (κ2) is 4.73. The van der Waals surface area contributed by atoms with Crippen LogP contribution in [-0.2, 0) is 6.54 Å². The molecule has 2 rings (SSSR count). The van der Waals surface area contributed by atoms with Gasteiger partial charge in [0.2, 0.25) is 0 Å². The summed E-state index contributed by atoms with van der Waals surface area (Å²) < 4.78 is 1.50. The van der Waals surface area contributed by atoms with Crippen molar-refractivity contribution in [3.05, 3.63) is 45.1 Å². The van der Waals surface area contributed by atoms with Crippen LogP contribution in [0.5, 0.6) is 0 Å². The highest BCUT2D eigenvalue weighted by Crippen LogP contribution is 2.19. The van der Waals surface area contributed by atoms with Crippen molar-refractivity contribution in [1.29, 1.82) is 0 Å². The fourth-order valence-corrected chi connectivity index (χ4v) is 1.77. The first-order chi connectivity index (χ1) is 8.13. The number of aromatic amines is 1. The second-order valence-electron chi connectivity index (χ2n) is 3.74. The molecule has 2 aromatic rings. The van der Waals surface area contributed by atoms with Crippen LogP contribution in [0.15, 0.2) is 23.0 Å². The van der Waals surface area contributed by atoms with Gasteiger partial charge in [-0.15, -0.1) is 0 Å². The van der Waals surface area contributed by atoms with Gasteiger partial charge in [0.05, 0.1) is 12.2 Å². The number of hydrogen-bond donors (Lipinski definition) is 2. The SMILES string of the molecule is CNCc1n[nH]c(=O)n1-c1ccc(C)c(Cl)c1. The topological polar surface area (TPSA) is 62.7 Å². The number of benzene rings is 1. The van der Waals surface area contributed by atoms with E-state index in [-0.39, 0.29) is 5.69 Å². The summed E-state index contributed by atoms with van der Waals surface area (Å²) in [6, 6.07) is 5.48. The van der Waals surface area contributed by atoms with Crippen molar-refractivity contribution in [2.75, 3.05) is 7.05 Å². The zero-order chi connectivity index (χ0) is 12.4. The van der Waals surface area contributed by atoms with E-state index < -0.39 is 0 Å². The molecule has 0 bridgehead atoms. The predicted octanol–water partition coefficient (Wildman–Crippen LogP) is 1.24. The molecule has 90 valence electrons. The fourth-order valence-electron chi connectivity index (χ4n) is 1.59. The summed E-state index contributed by atoms with van der Waals surface area (Å²) in [5.74, 6) is 0.623. The summed E-state index contributed by atoms with van der Waals surface area (Å²) in [5, 5.41) is 9.97. The second-order valence-corrected chi connectivity index (χ2v) is 4.15. The number of H-pyrrole nitrogens is 1. The average Bonchev–Trinajstić information content (AvgIpc) is 2.65. The number of nitrogens with zero attached hydrogens (tertiary/aromatic N) is 2. The van der Waals surface area contributed by atoms with E-state index in [0.717, 1.165) is 5.56 Å². The molecule has 0 aliphatic heterocycles. The maximum Gasteiger partial charge on any atom is 0.347 e. The van der Waals surface area contributed by atoms with Gasteiger partial charge in [0.1, 0.15) is 0 Å². The Kier molecular flexibility index (Phi) is 3.31. The van der Waals surface area contributed by atoms with Crippen LogP contribution in [0.1, 0.15) is 11.4 Å². The number of nitrogens with one attached hydrogen (secondary N) is 2. The van der Waals surface area contributed by atoms with Crippen LogP contribution in [0.25, 0.3) is 5.69 Å². The molecule has 0 atom stereocenters. The molecule has 17 heavy (non-hydrogen) atoms. The molecule has 0 aliphatic rings. The fraction of sp³-hybridized carbons (Fsp3) is 0.273. The third-order valence-electron chi connectivity index (χ3n) is 2.49. The van der Waals surface area contributed by atoms with Gasteiger partial charge in [-0.3, -0.25) is 0 Å². The molecule has 0 radical (unpaired) electrons. The van der Waals surface area contributed by atoms with Gasteiger partial charge in [-0.25, -0.2) is 14.5 Å². The minimum absolute atomic E-state index is 0.268. The third-order valence-corrected chi connectivity index (χ3v) is 2.90. The zero-order valence-corrected chi connectivity index (χ0v) is 10.4. The minimum atomic E-state index is -0.268. The molecule has 0 fully saturated rings. The van der Waals surface area contributed by atoms with E-state index >= 15 is 0 Å². The van der Waals surface area contributed by atoms with Gasteiger partial charge in [-0.05, 0) is 31.7 Å². The molecular weight excluding hydrogens is 240 g/mol. The molecule has 0 amide bonds. The van der Waals surface area contributed by atoms with Crippen molar-refractivity contribution in [2.45, 2.75) is 13.5 Å². The lowest BCUT2D eigenvalue weighted by molar-refractivity contribution is 0.734. The number of aromatic nitrogens is 3. The van der Waals surface area contributed by atoms with Gasteiger partial charge in [0.25, 0.3) is 0 Å². The smallest absolute Gasteiger partial charge is 0.313 e. The van der Waals surface area contributed by atoms with Crippen molar-refractivity contribution in [1.82, 2.24) is 20.1 Å². The minimum Gasteiger partial charge on any atom is -0.313 e. The van der Waals surface area contributed by atoms with Crippen LogP contribution >= 0.6 is 11.6 Å². The molecule has 1 heterocycles. The highest BCUT2D eigenvalue weighted by atomic mass is 35.5. The van der Waals surface area contributed by atoms with Gasteiger partial charge >= 0.3 is 5.69 Å². The molecule has 1 aromatic heterocycles. The van der Waals surface area contributed by atoms with Gasteiger partial charge < -0.3 is 5.32 Å². The lowest BCUT2D eigenvalue weighted by Crippen LogP contribution is -2.19. The number of aryl methyl sites for hydroxylation is 1. The predicted molar refractivity (Wildman–Crippen MR) is 66.7 cm³/mol. The van der Waals surface area contributed by atoms with Crippen molar-refractivity contribution in [2.24, 2.45) is 0 Å². The van der Waals surface area contributed by atoms with Crippen molar-refractivity contribution in [3.8, 4) is 5.69 Å². The standard InChI is InChI=1S/C11H13ClN4O/c1-7-3-4-8(5-9(7)12)16-10(6-13-2)14-15-11(16)17/h3-5,13H,6H2,1-2H3,(H,15,17). The van der Waals surface area contributed by atoms with E-state index in [4.69, 9.17) is 11.6 Å². The Labute approximate surface area is 103 Å². The van der Waals surface area contributed by atoms with E-state index in [9.17, 15) is 4.79 Å². The van der Waals surface area contributed by atoms with Crippen molar-refractivity contribution >= 4 is 11.6 Å². The molecule has 0 saturated carbocycles. The van der Waals surface area contributed by atoms with Crippen LogP contribution in [0.3, 0.4) is 0 Å². The van der Waals surface area contributed by atoms with E-state index in [0.29, 0.717) is 23.1 Å². The Balaban J connectivity index is 2.55.